The number of benzene rings is 2. The minimum atomic E-state index is -3.77. The van der Waals surface area contributed by atoms with Gasteiger partial charge in [0.25, 0.3) is 10.0 Å². The summed E-state index contributed by atoms with van der Waals surface area (Å²) in [5.74, 6) is -0.112. The largest absolute Gasteiger partial charge is 0.356 e. The number of hydrogen-bond donors (Lipinski definition) is 3. The van der Waals surface area contributed by atoms with Crippen molar-refractivity contribution in [3.63, 3.8) is 0 Å². The van der Waals surface area contributed by atoms with Gasteiger partial charge >= 0.3 is 0 Å². The van der Waals surface area contributed by atoms with Crippen LogP contribution in [0.25, 0.3) is 11.1 Å². The maximum Gasteiger partial charge on any atom is 0.263 e. The molecule has 0 spiro atoms. The predicted octanol–water partition coefficient (Wildman–Crippen LogP) is 4.58. The van der Waals surface area contributed by atoms with Gasteiger partial charge in [0.05, 0.1) is 17.0 Å². The van der Waals surface area contributed by atoms with Crippen LogP contribution in [0.2, 0.25) is 0 Å². The van der Waals surface area contributed by atoms with E-state index in [-0.39, 0.29) is 22.4 Å². The van der Waals surface area contributed by atoms with Gasteiger partial charge in [-0.1, -0.05) is 61.7 Å². The van der Waals surface area contributed by atoms with Gasteiger partial charge in [-0.2, -0.15) is 0 Å². The zero-order valence-electron chi connectivity index (χ0n) is 19.7. The van der Waals surface area contributed by atoms with Gasteiger partial charge in [-0.05, 0) is 49.1 Å². The number of anilines is 1. The fourth-order valence-corrected chi connectivity index (χ4v) is 6.19. The highest BCUT2D eigenvalue weighted by molar-refractivity contribution is 7.93. The van der Waals surface area contributed by atoms with Gasteiger partial charge in [0.15, 0.2) is 5.13 Å². The van der Waals surface area contributed by atoms with Crippen molar-refractivity contribution < 1.29 is 13.2 Å². The molecule has 0 aliphatic heterocycles. The summed E-state index contributed by atoms with van der Waals surface area (Å²) in [7, 11) is -3.77. The summed E-state index contributed by atoms with van der Waals surface area (Å²) in [4.78, 5) is 16.7. The zero-order valence-corrected chi connectivity index (χ0v) is 21.3. The molecule has 9 heteroatoms. The molecule has 1 fully saturated rings. The lowest BCUT2D eigenvalue weighted by molar-refractivity contribution is -0.120. The summed E-state index contributed by atoms with van der Waals surface area (Å²) in [5, 5.41) is 8.44. The summed E-state index contributed by atoms with van der Waals surface area (Å²) < 4.78 is 28.1. The third-order valence-corrected chi connectivity index (χ3v) is 8.39. The first-order valence-electron chi connectivity index (χ1n) is 12.1. The highest BCUT2D eigenvalue weighted by Gasteiger charge is 2.17. The van der Waals surface area contributed by atoms with Crippen LogP contribution in [0.3, 0.4) is 0 Å². The van der Waals surface area contributed by atoms with E-state index in [1.165, 1.54) is 43.4 Å². The van der Waals surface area contributed by atoms with Gasteiger partial charge in [-0.3, -0.25) is 9.52 Å². The topological polar surface area (TPSA) is 100 Å². The van der Waals surface area contributed by atoms with Gasteiger partial charge in [0.1, 0.15) is 0 Å². The first kappa shape index (κ1) is 25.3. The minimum absolute atomic E-state index is 0.112. The van der Waals surface area contributed by atoms with Crippen molar-refractivity contribution in [1.29, 1.82) is 0 Å². The molecule has 3 N–H and O–H groups in total. The molecule has 1 aliphatic carbocycles. The number of rotatable bonds is 11. The van der Waals surface area contributed by atoms with Crippen LogP contribution in [-0.2, 0) is 21.2 Å². The summed E-state index contributed by atoms with van der Waals surface area (Å²) in [6, 6.07) is 17.1. The lowest BCUT2D eigenvalue weighted by atomic mass is 9.95. The Morgan fingerprint density at radius 1 is 0.943 bits per heavy atom. The summed E-state index contributed by atoms with van der Waals surface area (Å²) in [5.41, 5.74) is 2.51. The Morgan fingerprint density at radius 2 is 1.66 bits per heavy atom. The van der Waals surface area contributed by atoms with E-state index in [1.807, 2.05) is 30.3 Å². The Bertz CT molecular complexity index is 1190. The molecule has 186 valence electrons. The Morgan fingerprint density at radius 3 is 2.40 bits per heavy atom. The number of nitrogens with one attached hydrogen (secondary N) is 3. The zero-order chi connectivity index (χ0) is 24.5. The fraction of sp³-hybridized carbons (Fsp3) is 0.385. The Hall–Kier alpha value is -2.75. The standard InChI is InChI=1S/C26H32N4O3S2/c31-25(28-17-7-16-27-22-10-5-2-6-11-22)18-23-19-34-26(29-23)30-35(32,33)24-14-12-21(13-15-24)20-8-3-1-4-9-20/h1,3-4,8-9,12-15,19,22,27H,2,5-7,10-11,16-18H2,(H,28,31)(H,29,30). The number of carbonyl (C=O) groups excluding carboxylic acids is 1. The molecule has 1 aromatic heterocycles. The highest BCUT2D eigenvalue weighted by atomic mass is 32.2. The normalized spacial score (nSPS) is 14.5. The van der Waals surface area contributed by atoms with Gasteiger partial charge in [0.2, 0.25) is 5.91 Å². The first-order chi connectivity index (χ1) is 17.0. The number of sulfonamides is 1. The molecule has 0 unspecified atom stereocenters. The van der Waals surface area contributed by atoms with Crippen LogP contribution in [0.15, 0.2) is 64.9 Å². The lowest BCUT2D eigenvalue weighted by Gasteiger charge is -2.22. The predicted molar refractivity (Wildman–Crippen MR) is 141 cm³/mol. The number of amides is 1. The van der Waals surface area contributed by atoms with Gasteiger partial charge in [-0.25, -0.2) is 13.4 Å². The van der Waals surface area contributed by atoms with Crippen molar-refractivity contribution in [2.45, 2.75) is 55.9 Å². The van der Waals surface area contributed by atoms with Crippen molar-refractivity contribution >= 4 is 32.4 Å². The number of carbonyl (C=O) groups is 1. The highest BCUT2D eigenvalue weighted by Crippen LogP contribution is 2.24. The molecule has 0 atom stereocenters. The molecule has 1 saturated carbocycles. The second-order valence-electron chi connectivity index (χ2n) is 8.81. The van der Waals surface area contributed by atoms with Crippen LogP contribution >= 0.6 is 11.3 Å². The van der Waals surface area contributed by atoms with Gasteiger partial charge in [-0.15, -0.1) is 11.3 Å². The van der Waals surface area contributed by atoms with Crippen molar-refractivity contribution in [1.82, 2.24) is 15.6 Å². The Labute approximate surface area is 211 Å². The van der Waals surface area contributed by atoms with E-state index < -0.39 is 10.0 Å². The van der Waals surface area contributed by atoms with Crippen molar-refractivity contribution in [3.05, 3.63) is 65.7 Å². The summed E-state index contributed by atoms with van der Waals surface area (Å²) in [6.45, 7) is 1.51. The van der Waals surface area contributed by atoms with Gasteiger partial charge < -0.3 is 10.6 Å². The molecule has 0 saturated heterocycles. The van der Waals surface area contributed by atoms with Crippen LogP contribution < -0.4 is 15.4 Å². The molecular formula is C26H32N4O3S2. The van der Waals surface area contributed by atoms with E-state index >= 15 is 0 Å². The van der Waals surface area contributed by atoms with Crippen LogP contribution in [0, 0.1) is 0 Å². The molecule has 1 aliphatic rings. The SMILES string of the molecule is O=C(Cc1csc(NS(=O)(=O)c2ccc(-c3ccccc3)cc2)n1)NCCCNC1CCCCC1. The number of aromatic nitrogens is 1. The van der Waals surface area contributed by atoms with Crippen LogP contribution in [0.1, 0.15) is 44.2 Å². The van der Waals surface area contributed by atoms with E-state index in [2.05, 4.69) is 20.3 Å². The fourth-order valence-electron chi connectivity index (χ4n) is 4.22. The maximum atomic E-state index is 12.8. The Balaban J connectivity index is 1.22. The van der Waals surface area contributed by atoms with E-state index in [4.69, 9.17) is 0 Å². The molecule has 7 nitrogen and oxygen atoms in total. The molecular weight excluding hydrogens is 480 g/mol. The quantitative estimate of drug-likeness (QED) is 0.327. The molecule has 1 heterocycles. The monoisotopic (exact) mass is 512 g/mol. The third kappa shape index (κ3) is 7.62. The summed E-state index contributed by atoms with van der Waals surface area (Å²) in [6.07, 6.45) is 7.47. The van der Waals surface area contributed by atoms with E-state index in [0.717, 1.165) is 24.1 Å². The first-order valence-corrected chi connectivity index (χ1v) is 14.5. The van der Waals surface area contributed by atoms with Crippen molar-refractivity contribution in [2.75, 3.05) is 17.8 Å². The minimum Gasteiger partial charge on any atom is -0.356 e. The molecule has 3 aromatic rings. The molecule has 0 bridgehead atoms. The molecule has 35 heavy (non-hydrogen) atoms. The molecule has 4 rings (SSSR count). The molecule has 0 radical (unpaired) electrons. The second kappa shape index (κ2) is 12.3. The average molecular weight is 513 g/mol. The summed E-state index contributed by atoms with van der Waals surface area (Å²) >= 11 is 1.17. The second-order valence-corrected chi connectivity index (χ2v) is 11.3. The molecule has 2 aromatic carbocycles. The van der Waals surface area contributed by atoms with Crippen LogP contribution in [0.4, 0.5) is 5.13 Å². The van der Waals surface area contributed by atoms with Gasteiger partial charge in [0, 0.05) is 18.0 Å². The van der Waals surface area contributed by atoms with E-state index in [1.54, 1.807) is 29.6 Å². The number of nitrogens with zero attached hydrogens (tertiary/aromatic N) is 1. The maximum absolute atomic E-state index is 12.8. The Kier molecular flexibility index (Phi) is 8.90. The lowest BCUT2D eigenvalue weighted by Crippen LogP contribution is -2.34. The van der Waals surface area contributed by atoms with E-state index in [9.17, 15) is 13.2 Å². The molecule has 1 amide bonds. The number of hydrogen-bond acceptors (Lipinski definition) is 6. The van der Waals surface area contributed by atoms with Crippen LogP contribution in [0.5, 0.6) is 0 Å². The number of thiazole rings is 1. The van der Waals surface area contributed by atoms with Crippen molar-refractivity contribution in [3.8, 4) is 11.1 Å². The average Bonchev–Trinajstić information content (AvgIpc) is 3.30. The smallest absolute Gasteiger partial charge is 0.263 e. The van der Waals surface area contributed by atoms with Crippen molar-refractivity contribution in [2.24, 2.45) is 0 Å². The van der Waals surface area contributed by atoms with E-state index in [0.29, 0.717) is 18.3 Å². The third-order valence-electron chi connectivity index (χ3n) is 6.10. The van der Waals surface area contributed by atoms with Crippen LogP contribution in [-0.4, -0.2) is 38.4 Å².